The zero-order valence-electron chi connectivity index (χ0n) is 9.84. The quantitative estimate of drug-likeness (QED) is 0.608. The minimum absolute atomic E-state index is 0.566. The molecule has 0 amide bonds. The van der Waals surface area contributed by atoms with Gasteiger partial charge in [0.15, 0.2) is 0 Å². The van der Waals surface area contributed by atoms with Crippen LogP contribution in [0.2, 0.25) is 0 Å². The van der Waals surface area contributed by atoms with Crippen LogP contribution in [0.1, 0.15) is 57.4 Å². The Bertz CT molecular complexity index is 282. The van der Waals surface area contributed by atoms with Crippen molar-refractivity contribution in [2.75, 3.05) is 0 Å². The molecule has 0 aromatic heterocycles. The lowest BCUT2D eigenvalue weighted by Gasteiger charge is -2.43. The van der Waals surface area contributed by atoms with Crippen LogP contribution < -0.4 is 0 Å². The summed E-state index contributed by atoms with van der Waals surface area (Å²) in [4.78, 5) is 0. The fourth-order valence-electron chi connectivity index (χ4n) is 2.79. The fourth-order valence-corrected chi connectivity index (χ4v) is 2.79. The van der Waals surface area contributed by atoms with Crippen molar-refractivity contribution in [3.8, 4) is 0 Å². The Balaban J connectivity index is 2.02. The first kappa shape index (κ1) is 10.7. The lowest BCUT2D eigenvalue weighted by atomic mass is 9.62. The van der Waals surface area contributed by atoms with Gasteiger partial charge in [-0.1, -0.05) is 62.9 Å². The summed E-state index contributed by atoms with van der Waals surface area (Å²) in [5.74, 6) is 0. The summed E-state index contributed by atoms with van der Waals surface area (Å²) in [6.45, 7) is 2.29. The molecule has 1 aliphatic rings. The molecule has 1 aromatic carbocycles. The van der Waals surface area contributed by atoms with Gasteiger partial charge in [-0.3, -0.25) is 0 Å². The summed E-state index contributed by atoms with van der Waals surface area (Å²) >= 11 is 0. The summed E-state index contributed by atoms with van der Waals surface area (Å²) in [5, 5.41) is 0. The van der Waals surface area contributed by atoms with Crippen LogP contribution in [0.25, 0.3) is 0 Å². The van der Waals surface area contributed by atoms with Crippen LogP contribution in [-0.2, 0) is 5.41 Å². The number of rotatable bonds is 5. The zero-order chi connectivity index (χ0) is 10.6. The number of benzene rings is 1. The highest BCUT2D eigenvalue weighted by atomic mass is 14.4. The van der Waals surface area contributed by atoms with Crippen LogP contribution in [0.4, 0.5) is 0 Å². The van der Waals surface area contributed by atoms with E-state index in [0.717, 1.165) is 0 Å². The van der Waals surface area contributed by atoms with E-state index in [1.54, 1.807) is 5.56 Å². The molecular weight excluding hydrogens is 180 g/mol. The highest BCUT2D eigenvalue weighted by molar-refractivity contribution is 5.27. The maximum Gasteiger partial charge on any atom is -0.00470 e. The Hall–Kier alpha value is -0.780. The molecular formula is C15H22. The first-order valence-electron chi connectivity index (χ1n) is 6.43. The minimum atomic E-state index is 0.566. The number of unbranched alkanes of at least 4 members (excludes halogenated alkanes) is 2. The van der Waals surface area contributed by atoms with E-state index < -0.39 is 0 Å². The highest BCUT2D eigenvalue weighted by Crippen LogP contribution is 2.47. The lowest BCUT2D eigenvalue weighted by Crippen LogP contribution is -2.34. The van der Waals surface area contributed by atoms with Crippen molar-refractivity contribution >= 4 is 0 Å². The van der Waals surface area contributed by atoms with Gasteiger partial charge in [0.05, 0.1) is 0 Å². The predicted molar refractivity (Wildman–Crippen MR) is 66.1 cm³/mol. The number of hydrogen-bond acceptors (Lipinski definition) is 0. The van der Waals surface area contributed by atoms with Gasteiger partial charge in [0.2, 0.25) is 0 Å². The van der Waals surface area contributed by atoms with Crippen LogP contribution in [0.5, 0.6) is 0 Å². The Labute approximate surface area is 93.7 Å². The van der Waals surface area contributed by atoms with E-state index in [1.165, 1.54) is 44.9 Å². The second-order valence-corrected chi connectivity index (χ2v) is 4.96. The Morgan fingerprint density at radius 3 is 2.33 bits per heavy atom. The Kier molecular flexibility index (Phi) is 3.45. The van der Waals surface area contributed by atoms with Gasteiger partial charge in [0.25, 0.3) is 0 Å². The topological polar surface area (TPSA) is 0 Å². The molecule has 0 unspecified atom stereocenters. The molecule has 0 spiro atoms. The van der Waals surface area contributed by atoms with Gasteiger partial charge in [0.1, 0.15) is 0 Å². The van der Waals surface area contributed by atoms with Gasteiger partial charge in [-0.25, -0.2) is 0 Å². The molecule has 0 heterocycles. The second-order valence-electron chi connectivity index (χ2n) is 4.96. The van der Waals surface area contributed by atoms with Gasteiger partial charge in [0, 0.05) is 0 Å². The molecule has 0 nitrogen and oxygen atoms in total. The average Bonchev–Trinajstić information content (AvgIpc) is 2.23. The SMILES string of the molecule is CCCCCC1(c2ccccc2)CCC1. The van der Waals surface area contributed by atoms with Crippen LogP contribution in [-0.4, -0.2) is 0 Å². The fraction of sp³-hybridized carbons (Fsp3) is 0.600. The molecule has 1 aromatic rings. The normalized spacial score (nSPS) is 18.5. The van der Waals surface area contributed by atoms with E-state index in [2.05, 4.69) is 37.3 Å². The zero-order valence-corrected chi connectivity index (χ0v) is 9.84. The van der Waals surface area contributed by atoms with Crippen LogP contribution in [0.15, 0.2) is 30.3 Å². The third kappa shape index (κ3) is 2.25. The third-order valence-electron chi connectivity index (χ3n) is 3.96. The molecule has 0 saturated heterocycles. The maximum atomic E-state index is 2.32. The summed E-state index contributed by atoms with van der Waals surface area (Å²) in [7, 11) is 0. The average molecular weight is 202 g/mol. The van der Waals surface area contributed by atoms with Gasteiger partial charge in [-0.05, 0) is 30.2 Å². The smallest absolute Gasteiger partial charge is 0.00470 e. The molecule has 82 valence electrons. The first-order chi connectivity index (χ1) is 7.37. The van der Waals surface area contributed by atoms with Gasteiger partial charge in [-0.2, -0.15) is 0 Å². The van der Waals surface area contributed by atoms with Gasteiger partial charge >= 0.3 is 0 Å². The van der Waals surface area contributed by atoms with Crippen molar-refractivity contribution < 1.29 is 0 Å². The van der Waals surface area contributed by atoms with E-state index >= 15 is 0 Å². The molecule has 0 radical (unpaired) electrons. The van der Waals surface area contributed by atoms with Crippen LogP contribution in [0.3, 0.4) is 0 Å². The summed E-state index contributed by atoms with van der Waals surface area (Å²) in [6.07, 6.45) is 9.82. The second kappa shape index (κ2) is 4.83. The largest absolute Gasteiger partial charge is 0.0654 e. The first-order valence-corrected chi connectivity index (χ1v) is 6.43. The van der Waals surface area contributed by atoms with Gasteiger partial charge in [-0.15, -0.1) is 0 Å². The van der Waals surface area contributed by atoms with Crippen molar-refractivity contribution in [3.63, 3.8) is 0 Å². The molecule has 1 fully saturated rings. The predicted octanol–water partition coefficient (Wildman–Crippen LogP) is 4.69. The van der Waals surface area contributed by atoms with E-state index in [1.807, 2.05) is 0 Å². The molecule has 15 heavy (non-hydrogen) atoms. The minimum Gasteiger partial charge on any atom is -0.0654 e. The molecule has 0 heteroatoms. The summed E-state index contributed by atoms with van der Waals surface area (Å²) in [5.41, 5.74) is 2.16. The monoisotopic (exact) mass is 202 g/mol. The molecule has 0 bridgehead atoms. The Morgan fingerprint density at radius 1 is 1.07 bits per heavy atom. The molecule has 1 aliphatic carbocycles. The van der Waals surface area contributed by atoms with Gasteiger partial charge < -0.3 is 0 Å². The van der Waals surface area contributed by atoms with E-state index in [0.29, 0.717) is 5.41 Å². The van der Waals surface area contributed by atoms with Crippen molar-refractivity contribution in [2.24, 2.45) is 0 Å². The lowest BCUT2D eigenvalue weighted by molar-refractivity contribution is 0.219. The molecule has 0 N–H and O–H groups in total. The van der Waals surface area contributed by atoms with Crippen LogP contribution in [0, 0.1) is 0 Å². The van der Waals surface area contributed by atoms with Crippen molar-refractivity contribution in [2.45, 2.75) is 57.3 Å². The highest BCUT2D eigenvalue weighted by Gasteiger charge is 2.37. The van der Waals surface area contributed by atoms with E-state index in [-0.39, 0.29) is 0 Å². The van der Waals surface area contributed by atoms with Crippen molar-refractivity contribution in [3.05, 3.63) is 35.9 Å². The third-order valence-corrected chi connectivity index (χ3v) is 3.96. The van der Waals surface area contributed by atoms with E-state index in [4.69, 9.17) is 0 Å². The van der Waals surface area contributed by atoms with Crippen molar-refractivity contribution in [1.82, 2.24) is 0 Å². The summed E-state index contributed by atoms with van der Waals surface area (Å²) < 4.78 is 0. The molecule has 0 atom stereocenters. The molecule has 2 rings (SSSR count). The van der Waals surface area contributed by atoms with E-state index in [9.17, 15) is 0 Å². The number of hydrogen-bond donors (Lipinski definition) is 0. The summed E-state index contributed by atoms with van der Waals surface area (Å²) in [6, 6.07) is 11.2. The maximum absolute atomic E-state index is 2.32. The molecule has 0 aliphatic heterocycles. The molecule has 1 saturated carbocycles. The van der Waals surface area contributed by atoms with Crippen LogP contribution >= 0.6 is 0 Å². The standard InChI is InChI=1S/C15H22/c1-2-3-7-11-15(12-8-13-15)14-9-5-4-6-10-14/h4-6,9-10H,2-3,7-8,11-13H2,1H3. The Morgan fingerprint density at radius 2 is 1.80 bits per heavy atom. The van der Waals surface area contributed by atoms with Crippen molar-refractivity contribution in [1.29, 1.82) is 0 Å².